The second-order valence-corrected chi connectivity index (χ2v) is 2.20. The van der Waals surface area contributed by atoms with Gasteiger partial charge >= 0.3 is 0 Å². The van der Waals surface area contributed by atoms with E-state index in [9.17, 15) is 0 Å². The van der Waals surface area contributed by atoms with Crippen LogP contribution in [-0.2, 0) is 0 Å². The second kappa shape index (κ2) is 5.89. The quantitative estimate of drug-likeness (QED) is 0.585. The summed E-state index contributed by atoms with van der Waals surface area (Å²) in [6.45, 7) is 7.19. The van der Waals surface area contributed by atoms with Crippen molar-refractivity contribution < 1.29 is 0 Å². The molecule has 4 N–H and O–H groups in total. The normalized spacial score (nSPS) is 11.7. The van der Waals surface area contributed by atoms with E-state index in [0.29, 0.717) is 6.17 Å². The Morgan fingerprint density at radius 1 is 1.18 bits per heavy atom. The Kier molecular flexibility index (Phi) is 5.43. The molecule has 2 nitrogen and oxygen atoms in total. The summed E-state index contributed by atoms with van der Waals surface area (Å²) in [5.74, 6) is 0. The maximum absolute atomic E-state index is 5.41. The van der Waals surface area contributed by atoms with Crippen LogP contribution in [0.4, 0.5) is 0 Å². The van der Waals surface area contributed by atoms with E-state index in [-0.39, 0.29) is 0 Å². The molecule has 11 heavy (non-hydrogen) atoms. The number of nitrogens with two attached hydrogens (primary N) is 2. The molecule has 1 radical (unpaired) electrons. The zero-order valence-corrected chi connectivity index (χ0v) is 6.72. The Morgan fingerprint density at radius 3 is 2.18 bits per heavy atom. The van der Waals surface area contributed by atoms with Crippen LogP contribution in [0.3, 0.4) is 0 Å². The number of rotatable bonds is 5. The maximum atomic E-state index is 5.41. The van der Waals surface area contributed by atoms with Gasteiger partial charge in [0, 0.05) is 0 Å². The highest BCUT2D eigenvalue weighted by Crippen LogP contribution is 2.08. The Labute approximate surface area is 68.3 Å². The first-order valence-electron chi connectivity index (χ1n) is 3.51. The van der Waals surface area contributed by atoms with Crippen molar-refractivity contribution in [1.29, 1.82) is 0 Å². The molecule has 2 heteroatoms. The van der Waals surface area contributed by atoms with Gasteiger partial charge in [-0.1, -0.05) is 18.2 Å². The largest absolute Gasteiger partial charge is 0.307 e. The molecule has 0 aliphatic rings. The molecule has 0 aliphatic heterocycles. The van der Waals surface area contributed by atoms with Crippen molar-refractivity contribution >= 4 is 0 Å². The lowest BCUT2D eigenvalue weighted by Crippen LogP contribution is -2.22. The average Bonchev–Trinajstić information content (AvgIpc) is 1.97. The van der Waals surface area contributed by atoms with Crippen LogP contribution in [0.25, 0.3) is 0 Å². The van der Waals surface area contributed by atoms with E-state index in [1.165, 1.54) is 0 Å². The van der Waals surface area contributed by atoms with Gasteiger partial charge in [-0.2, -0.15) is 0 Å². The van der Waals surface area contributed by atoms with E-state index in [0.717, 1.165) is 18.4 Å². The van der Waals surface area contributed by atoms with Gasteiger partial charge in [0.05, 0.1) is 0 Å². The molecule has 0 rings (SSSR count). The highest BCUT2D eigenvalue weighted by atomic mass is 14.8. The molecule has 0 atom stereocenters. The van der Waals surface area contributed by atoms with Crippen LogP contribution in [0.1, 0.15) is 12.8 Å². The van der Waals surface area contributed by atoms with E-state index in [2.05, 4.69) is 13.2 Å². The van der Waals surface area contributed by atoms with Gasteiger partial charge in [0.15, 0.2) is 0 Å². The fourth-order valence-corrected chi connectivity index (χ4v) is 0.700. The SMILES string of the molecule is C=CCC=C(CC=C)[C](N)N. The van der Waals surface area contributed by atoms with Gasteiger partial charge < -0.3 is 11.5 Å². The van der Waals surface area contributed by atoms with Crippen molar-refractivity contribution in [3.8, 4) is 0 Å². The molecule has 0 spiro atoms. The summed E-state index contributed by atoms with van der Waals surface area (Å²) in [7, 11) is 0. The Balaban J connectivity index is 4.06. The molecule has 0 heterocycles. The van der Waals surface area contributed by atoms with Crippen molar-refractivity contribution in [2.45, 2.75) is 12.8 Å². The van der Waals surface area contributed by atoms with Crippen LogP contribution in [-0.4, -0.2) is 0 Å². The first-order chi connectivity index (χ1) is 5.22. The van der Waals surface area contributed by atoms with Crippen molar-refractivity contribution in [2.75, 3.05) is 0 Å². The van der Waals surface area contributed by atoms with Crippen LogP contribution in [0.15, 0.2) is 37.0 Å². The van der Waals surface area contributed by atoms with E-state index in [1.54, 1.807) is 12.2 Å². The zero-order valence-electron chi connectivity index (χ0n) is 6.72. The predicted molar refractivity (Wildman–Crippen MR) is 49.3 cm³/mol. The molecular formula is C9H15N2. The molecule has 0 saturated carbocycles. The average molecular weight is 151 g/mol. The monoisotopic (exact) mass is 151 g/mol. The van der Waals surface area contributed by atoms with Crippen LogP contribution in [0.5, 0.6) is 0 Å². The van der Waals surface area contributed by atoms with Gasteiger partial charge in [-0.05, 0) is 18.4 Å². The highest BCUT2D eigenvalue weighted by molar-refractivity contribution is 5.21. The number of hydrogen-bond acceptors (Lipinski definition) is 2. The van der Waals surface area contributed by atoms with Gasteiger partial charge in [0.25, 0.3) is 0 Å². The molecule has 0 aliphatic carbocycles. The topological polar surface area (TPSA) is 52.0 Å². The zero-order chi connectivity index (χ0) is 8.69. The van der Waals surface area contributed by atoms with Gasteiger partial charge in [-0.25, -0.2) is 0 Å². The molecule has 61 valence electrons. The third-order valence-electron chi connectivity index (χ3n) is 1.27. The predicted octanol–water partition coefficient (Wildman–Crippen LogP) is 1.47. The highest BCUT2D eigenvalue weighted by Gasteiger charge is 2.00. The van der Waals surface area contributed by atoms with Crippen LogP contribution in [0, 0.1) is 6.17 Å². The standard InChI is InChI=1S/C9H15N2/c1-3-5-7-8(6-4-2)9(10)11/h3-4,7H,1-2,5-6,10-11H2. The smallest absolute Gasteiger partial charge is 0.122 e. The van der Waals surface area contributed by atoms with Gasteiger partial charge in [-0.3, -0.25) is 0 Å². The van der Waals surface area contributed by atoms with E-state index < -0.39 is 0 Å². The minimum Gasteiger partial charge on any atom is -0.307 e. The number of hydrogen-bond donors (Lipinski definition) is 2. The van der Waals surface area contributed by atoms with E-state index >= 15 is 0 Å². The van der Waals surface area contributed by atoms with Gasteiger partial charge in [0.1, 0.15) is 6.17 Å². The minimum absolute atomic E-state index is 0.367. The summed E-state index contributed by atoms with van der Waals surface area (Å²) in [4.78, 5) is 0. The first kappa shape index (κ1) is 10.1. The van der Waals surface area contributed by atoms with E-state index in [4.69, 9.17) is 11.5 Å². The third-order valence-corrected chi connectivity index (χ3v) is 1.27. The Bertz CT molecular complexity index is 157. The van der Waals surface area contributed by atoms with Crippen molar-refractivity contribution in [3.05, 3.63) is 43.1 Å². The summed E-state index contributed by atoms with van der Waals surface area (Å²) in [5.41, 5.74) is 11.7. The van der Waals surface area contributed by atoms with Crippen LogP contribution in [0.2, 0.25) is 0 Å². The molecule has 0 saturated heterocycles. The Morgan fingerprint density at radius 2 is 1.82 bits per heavy atom. The maximum Gasteiger partial charge on any atom is 0.122 e. The summed E-state index contributed by atoms with van der Waals surface area (Å²) in [6.07, 6.45) is 7.40. The van der Waals surface area contributed by atoms with Gasteiger partial charge in [0.2, 0.25) is 0 Å². The first-order valence-corrected chi connectivity index (χ1v) is 3.51. The lowest BCUT2D eigenvalue weighted by atomic mass is 10.1. The van der Waals surface area contributed by atoms with E-state index in [1.807, 2.05) is 6.08 Å². The lowest BCUT2D eigenvalue weighted by Gasteiger charge is -2.06. The third kappa shape index (κ3) is 4.53. The summed E-state index contributed by atoms with van der Waals surface area (Å²) >= 11 is 0. The molecule has 0 fully saturated rings. The molecule has 0 unspecified atom stereocenters. The molecule has 0 aromatic heterocycles. The summed E-state index contributed by atoms with van der Waals surface area (Å²) in [5, 5.41) is 0. The van der Waals surface area contributed by atoms with Crippen molar-refractivity contribution in [2.24, 2.45) is 11.5 Å². The lowest BCUT2D eigenvalue weighted by molar-refractivity contribution is 0.964. The Hall–Kier alpha value is -0.860. The second-order valence-electron chi connectivity index (χ2n) is 2.20. The molecule has 0 aromatic carbocycles. The fourth-order valence-electron chi connectivity index (χ4n) is 0.700. The fraction of sp³-hybridized carbons (Fsp3) is 0.222. The van der Waals surface area contributed by atoms with Crippen LogP contribution >= 0.6 is 0 Å². The summed E-state index contributed by atoms with van der Waals surface area (Å²) < 4.78 is 0. The van der Waals surface area contributed by atoms with Crippen molar-refractivity contribution in [1.82, 2.24) is 0 Å². The molecule has 0 aromatic rings. The summed E-state index contributed by atoms with van der Waals surface area (Å²) in [6, 6.07) is 0. The number of allylic oxidation sites excluding steroid dienone is 3. The minimum atomic E-state index is 0.367. The molecule has 0 bridgehead atoms. The van der Waals surface area contributed by atoms with Gasteiger partial charge in [-0.15, -0.1) is 13.2 Å². The molecule has 0 amide bonds. The van der Waals surface area contributed by atoms with Crippen LogP contribution < -0.4 is 11.5 Å². The molecular weight excluding hydrogens is 136 g/mol. The van der Waals surface area contributed by atoms with Crippen molar-refractivity contribution in [3.63, 3.8) is 0 Å².